The zero-order valence-corrected chi connectivity index (χ0v) is 16.8. The van der Waals surface area contributed by atoms with Crippen LogP contribution >= 0.6 is 0 Å². The molecule has 0 radical (unpaired) electrons. The highest BCUT2D eigenvalue weighted by molar-refractivity contribution is 4.92. The summed E-state index contributed by atoms with van der Waals surface area (Å²) in [5.41, 5.74) is 0. The first-order valence-electron chi connectivity index (χ1n) is 11.0. The van der Waals surface area contributed by atoms with E-state index >= 15 is 0 Å². The number of aliphatic hydroxyl groups excluding tert-OH is 1. The van der Waals surface area contributed by atoms with Gasteiger partial charge in [-0.3, -0.25) is 0 Å². The largest absolute Gasteiger partial charge is 0.392 e. The summed E-state index contributed by atoms with van der Waals surface area (Å²) in [5, 5.41) is 9.66. The summed E-state index contributed by atoms with van der Waals surface area (Å²) in [6.07, 6.45) is 27.2. The quantitative estimate of drug-likeness (QED) is 0.279. The van der Waals surface area contributed by atoms with Gasteiger partial charge >= 0.3 is 0 Å². The fourth-order valence-corrected chi connectivity index (χ4v) is 3.56. The maximum atomic E-state index is 9.66. The van der Waals surface area contributed by atoms with Gasteiger partial charge in [0, 0.05) is 6.54 Å². The Morgan fingerprint density at radius 2 is 1.48 bits per heavy atom. The minimum atomic E-state index is -0.0710. The third kappa shape index (κ3) is 14.3. The molecule has 2 heteroatoms. The van der Waals surface area contributed by atoms with Gasteiger partial charge in [0.2, 0.25) is 0 Å². The maximum Gasteiger partial charge on any atom is 0.0667 e. The number of rotatable bonds is 15. The normalized spacial score (nSPS) is 19.4. The Hall–Kier alpha value is -0.600. The monoisotopic (exact) mass is 349 g/mol. The van der Waals surface area contributed by atoms with Gasteiger partial charge in [-0.15, -0.1) is 0 Å². The Morgan fingerprint density at radius 3 is 2.16 bits per heavy atom. The number of likely N-dealkylation sites (tertiary alicyclic amines) is 1. The lowest BCUT2D eigenvalue weighted by Gasteiger charge is -2.29. The smallest absolute Gasteiger partial charge is 0.0667 e. The van der Waals surface area contributed by atoms with Crippen LogP contribution in [0.15, 0.2) is 24.3 Å². The Balaban J connectivity index is 1.79. The Morgan fingerprint density at radius 1 is 0.840 bits per heavy atom. The van der Waals surface area contributed by atoms with Crippen molar-refractivity contribution in [1.82, 2.24) is 4.90 Å². The lowest BCUT2D eigenvalue weighted by Crippen LogP contribution is -2.38. The fraction of sp³-hybridized carbons (Fsp3) is 0.826. The molecule has 0 aromatic heterocycles. The highest BCUT2D eigenvalue weighted by atomic mass is 16.3. The van der Waals surface area contributed by atoms with E-state index in [2.05, 4.69) is 36.1 Å². The van der Waals surface area contributed by atoms with Crippen LogP contribution in [0.1, 0.15) is 96.8 Å². The summed E-state index contributed by atoms with van der Waals surface area (Å²) in [6.45, 7) is 5.54. The van der Waals surface area contributed by atoms with E-state index in [-0.39, 0.29) is 6.10 Å². The molecule has 1 rings (SSSR count). The zero-order chi connectivity index (χ0) is 18.0. The highest BCUT2D eigenvalue weighted by Crippen LogP contribution is 2.12. The van der Waals surface area contributed by atoms with Crippen molar-refractivity contribution in [1.29, 1.82) is 0 Å². The second kappa shape index (κ2) is 16.8. The van der Waals surface area contributed by atoms with Gasteiger partial charge in [0.1, 0.15) is 0 Å². The third-order valence-electron chi connectivity index (χ3n) is 5.16. The van der Waals surface area contributed by atoms with Gasteiger partial charge in [-0.25, -0.2) is 0 Å². The first-order valence-corrected chi connectivity index (χ1v) is 11.0. The number of nitrogens with zero attached hydrogens (tertiary/aromatic N) is 1. The number of piperidine rings is 1. The summed E-state index contributed by atoms with van der Waals surface area (Å²) < 4.78 is 0. The molecule has 1 heterocycles. The summed E-state index contributed by atoms with van der Waals surface area (Å²) in [5.74, 6) is 0. The topological polar surface area (TPSA) is 23.5 Å². The van der Waals surface area contributed by atoms with Gasteiger partial charge in [0.15, 0.2) is 0 Å². The molecule has 1 atom stereocenters. The van der Waals surface area contributed by atoms with Crippen LogP contribution in [0.4, 0.5) is 0 Å². The van der Waals surface area contributed by atoms with Crippen LogP contribution in [0, 0.1) is 0 Å². The molecule has 0 aliphatic carbocycles. The molecule has 1 aliphatic heterocycles. The van der Waals surface area contributed by atoms with E-state index in [1.54, 1.807) is 0 Å². The van der Waals surface area contributed by atoms with E-state index in [4.69, 9.17) is 0 Å². The molecule has 1 saturated heterocycles. The molecule has 1 N–H and O–H groups in total. The molecule has 0 amide bonds. The second-order valence-electron chi connectivity index (χ2n) is 7.68. The van der Waals surface area contributed by atoms with Crippen LogP contribution in [0.5, 0.6) is 0 Å². The highest BCUT2D eigenvalue weighted by Gasteiger charge is 2.16. The van der Waals surface area contributed by atoms with Crippen LogP contribution in [0.2, 0.25) is 0 Å². The van der Waals surface area contributed by atoms with Crippen LogP contribution < -0.4 is 0 Å². The van der Waals surface area contributed by atoms with Crippen LogP contribution in [-0.2, 0) is 0 Å². The molecule has 25 heavy (non-hydrogen) atoms. The van der Waals surface area contributed by atoms with Crippen molar-refractivity contribution in [3.8, 4) is 0 Å². The number of unbranched alkanes of at least 4 members (excludes halogenated alkanes) is 9. The average Bonchev–Trinajstić information content (AvgIpc) is 2.61. The molecule has 146 valence electrons. The van der Waals surface area contributed by atoms with E-state index in [0.29, 0.717) is 0 Å². The van der Waals surface area contributed by atoms with Crippen molar-refractivity contribution < 1.29 is 5.11 Å². The maximum absolute atomic E-state index is 9.66. The molecule has 0 bridgehead atoms. The van der Waals surface area contributed by atoms with Crippen molar-refractivity contribution in [2.24, 2.45) is 0 Å². The van der Waals surface area contributed by atoms with Crippen molar-refractivity contribution >= 4 is 0 Å². The number of allylic oxidation sites excluding steroid dienone is 4. The Kier molecular flexibility index (Phi) is 15.1. The fourth-order valence-electron chi connectivity index (χ4n) is 3.56. The minimum Gasteiger partial charge on any atom is -0.392 e. The molecule has 0 spiro atoms. The van der Waals surface area contributed by atoms with Gasteiger partial charge in [-0.2, -0.15) is 0 Å². The first kappa shape index (κ1) is 22.4. The predicted octanol–water partition coefficient (Wildman–Crippen LogP) is 6.26. The van der Waals surface area contributed by atoms with Crippen molar-refractivity contribution in [2.45, 2.75) is 103 Å². The Labute approximate surface area is 157 Å². The zero-order valence-electron chi connectivity index (χ0n) is 16.8. The lowest BCUT2D eigenvalue weighted by molar-refractivity contribution is 0.0698. The van der Waals surface area contributed by atoms with Crippen molar-refractivity contribution in [3.63, 3.8) is 0 Å². The molecule has 1 aliphatic rings. The summed E-state index contributed by atoms with van der Waals surface area (Å²) in [7, 11) is 0. The van der Waals surface area contributed by atoms with Gasteiger partial charge in [0.25, 0.3) is 0 Å². The van der Waals surface area contributed by atoms with E-state index < -0.39 is 0 Å². The molecule has 2 nitrogen and oxygen atoms in total. The molecule has 0 saturated carbocycles. The predicted molar refractivity (Wildman–Crippen MR) is 111 cm³/mol. The number of hydrogen-bond donors (Lipinski definition) is 1. The third-order valence-corrected chi connectivity index (χ3v) is 5.16. The molecule has 0 unspecified atom stereocenters. The van der Waals surface area contributed by atoms with E-state index in [9.17, 15) is 5.11 Å². The Bertz CT molecular complexity index is 337. The van der Waals surface area contributed by atoms with Crippen LogP contribution in [0.25, 0.3) is 0 Å². The van der Waals surface area contributed by atoms with Gasteiger partial charge in [0.05, 0.1) is 6.10 Å². The van der Waals surface area contributed by atoms with Crippen molar-refractivity contribution in [2.75, 3.05) is 19.6 Å². The number of hydrogen-bond acceptors (Lipinski definition) is 2. The SMILES string of the molecule is CCCCCC=CCC=CCCCCCCCCN1CCC[C@@H](O)C1. The molecular formula is C23H43NO. The molecule has 0 aromatic carbocycles. The second-order valence-corrected chi connectivity index (χ2v) is 7.68. The number of β-amino-alcohol motifs (C(OH)–C–C–N with tert-alkyl or cyclic N) is 1. The standard InChI is InChI=1S/C23H43NO/c1-2-3-4-5-6-7-8-9-10-11-12-13-14-15-16-17-20-24-21-18-19-23(25)22-24/h6-7,9-10,23,25H,2-5,8,11-22H2,1H3/t23-/m1/s1. The lowest BCUT2D eigenvalue weighted by atomic mass is 10.1. The molecule has 1 fully saturated rings. The van der Waals surface area contributed by atoms with Gasteiger partial charge in [-0.05, 0) is 64.5 Å². The van der Waals surface area contributed by atoms with Gasteiger partial charge < -0.3 is 10.0 Å². The van der Waals surface area contributed by atoms with Crippen molar-refractivity contribution in [3.05, 3.63) is 24.3 Å². The van der Waals surface area contributed by atoms with Crippen LogP contribution in [-0.4, -0.2) is 35.7 Å². The molecule has 0 aromatic rings. The minimum absolute atomic E-state index is 0.0710. The van der Waals surface area contributed by atoms with Crippen LogP contribution in [0.3, 0.4) is 0 Å². The van der Waals surface area contributed by atoms with E-state index in [1.807, 2.05) is 0 Å². The molecular weight excluding hydrogens is 306 g/mol. The summed E-state index contributed by atoms with van der Waals surface area (Å²) in [6, 6.07) is 0. The van der Waals surface area contributed by atoms with Gasteiger partial charge in [-0.1, -0.05) is 69.8 Å². The van der Waals surface area contributed by atoms with E-state index in [0.717, 1.165) is 19.4 Å². The van der Waals surface area contributed by atoms with E-state index in [1.165, 1.54) is 90.1 Å². The number of aliphatic hydroxyl groups is 1. The summed E-state index contributed by atoms with van der Waals surface area (Å²) in [4.78, 5) is 2.44. The first-order chi connectivity index (χ1) is 12.3. The summed E-state index contributed by atoms with van der Waals surface area (Å²) >= 11 is 0. The average molecular weight is 350 g/mol.